The summed E-state index contributed by atoms with van der Waals surface area (Å²) in [5.41, 5.74) is 1.06. The topological polar surface area (TPSA) is 89.1 Å². The summed E-state index contributed by atoms with van der Waals surface area (Å²) < 4.78 is 6.67. The van der Waals surface area contributed by atoms with E-state index < -0.39 is 0 Å². The van der Waals surface area contributed by atoms with E-state index in [-0.39, 0.29) is 12.5 Å². The predicted octanol–water partition coefficient (Wildman–Crippen LogP) is 1.09. The maximum absolute atomic E-state index is 12.5. The molecule has 0 aliphatic carbocycles. The first-order valence-corrected chi connectivity index (χ1v) is 8.46. The molecular formula is C16H24N6O2. The fraction of sp³-hybridized carbons (Fsp3) is 0.625. The van der Waals surface area contributed by atoms with Crippen LogP contribution in [0.15, 0.2) is 16.8 Å². The molecule has 0 bridgehead atoms. The molecule has 2 aromatic rings. The molecular weight excluding hydrogens is 308 g/mol. The van der Waals surface area contributed by atoms with Crippen LogP contribution in [-0.4, -0.2) is 50.4 Å². The Hall–Kier alpha value is -2.22. The number of hydrogen-bond acceptors (Lipinski definition) is 6. The van der Waals surface area contributed by atoms with E-state index in [9.17, 15) is 4.79 Å². The summed E-state index contributed by atoms with van der Waals surface area (Å²) in [6, 6.07) is 2.02. The minimum atomic E-state index is -0.00336. The van der Waals surface area contributed by atoms with Crippen molar-refractivity contribution in [2.45, 2.75) is 45.7 Å². The summed E-state index contributed by atoms with van der Waals surface area (Å²) in [7, 11) is 0. The monoisotopic (exact) mass is 332 g/mol. The second-order valence-electron chi connectivity index (χ2n) is 6.12. The Morgan fingerprint density at radius 2 is 2.42 bits per heavy atom. The normalized spacial score (nSPS) is 17.8. The SMILES string of the molecule is CCN(Cc1noc(C)n1)C(=O)Cn1ccc([C@@H]2CCCNC2)n1. The first kappa shape index (κ1) is 16.6. The van der Waals surface area contributed by atoms with Crippen LogP contribution in [0, 0.1) is 6.92 Å². The second-order valence-corrected chi connectivity index (χ2v) is 6.12. The number of carbonyl (C=O) groups is 1. The Kier molecular flexibility index (Phi) is 5.24. The highest BCUT2D eigenvalue weighted by Crippen LogP contribution is 2.21. The third kappa shape index (κ3) is 4.00. The van der Waals surface area contributed by atoms with Crippen molar-refractivity contribution in [3.05, 3.63) is 29.7 Å². The number of aromatic nitrogens is 4. The molecule has 1 saturated heterocycles. The van der Waals surface area contributed by atoms with Crippen molar-refractivity contribution in [3.8, 4) is 0 Å². The van der Waals surface area contributed by atoms with Gasteiger partial charge in [-0.25, -0.2) is 0 Å². The van der Waals surface area contributed by atoms with Crippen molar-refractivity contribution >= 4 is 5.91 Å². The lowest BCUT2D eigenvalue weighted by atomic mass is 9.97. The number of hydrogen-bond donors (Lipinski definition) is 1. The predicted molar refractivity (Wildman–Crippen MR) is 87.2 cm³/mol. The average Bonchev–Trinajstić information content (AvgIpc) is 3.22. The second kappa shape index (κ2) is 7.57. The molecule has 1 aliphatic heterocycles. The summed E-state index contributed by atoms with van der Waals surface area (Å²) in [4.78, 5) is 18.4. The molecule has 0 spiro atoms. The summed E-state index contributed by atoms with van der Waals surface area (Å²) >= 11 is 0. The summed E-state index contributed by atoms with van der Waals surface area (Å²) in [5.74, 6) is 1.47. The van der Waals surface area contributed by atoms with E-state index in [1.54, 1.807) is 16.5 Å². The Bertz CT molecular complexity index is 674. The first-order valence-electron chi connectivity index (χ1n) is 8.46. The first-order chi connectivity index (χ1) is 11.7. The molecule has 3 heterocycles. The van der Waals surface area contributed by atoms with E-state index in [1.165, 1.54) is 6.42 Å². The van der Waals surface area contributed by atoms with Crippen molar-refractivity contribution in [2.24, 2.45) is 0 Å². The van der Waals surface area contributed by atoms with Crippen molar-refractivity contribution in [2.75, 3.05) is 19.6 Å². The average molecular weight is 332 g/mol. The van der Waals surface area contributed by atoms with E-state index in [4.69, 9.17) is 4.52 Å². The highest BCUT2D eigenvalue weighted by Gasteiger charge is 2.19. The van der Waals surface area contributed by atoms with E-state index >= 15 is 0 Å². The Morgan fingerprint density at radius 3 is 3.08 bits per heavy atom. The van der Waals surface area contributed by atoms with Gasteiger partial charge < -0.3 is 14.7 Å². The molecule has 8 heteroatoms. The van der Waals surface area contributed by atoms with Gasteiger partial charge in [0.25, 0.3) is 0 Å². The number of nitrogens with one attached hydrogen (secondary N) is 1. The zero-order valence-corrected chi connectivity index (χ0v) is 14.2. The van der Waals surface area contributed by atoms with Crippen molar-refractivity contribution in [3.63, 3.8) is 0 Å². The fourth-order valence-electron chi connectivity index (χ4n) is 2.98. The largest absolute Gasteiger partial charge is 0.340 e. The summed E-state index contributed by atoms with van der Waals surface area (Å²) in [5, 5.41) is 11.8. The Balaban J connectivity index is 1.59. The summed E-state index contributed by atoms with van der Waals surface area (Å²) in [6.07, 6.45) is 4.20. The highest BCUT2D eigenvalue weighted by molar-refractivity contribution is 5.75. The van der Waals surface area contributed by atoms with Crippen LogP contribution in [0.2, 0.25) is 0 Å². The van der Waals surface area contributed by atoms with E-state index in [1.807, 2.05) is 19.2 Å². The Labute approximate surface area is 141 Å². The molecule has 0 saturated carbocycles. The number of piperidine rings is 1. The molecule has 1 N–H and O–H groups in total. The molecule has 1 fully saturated rings. The zero-order valence-electron chi connectivity index (χ0n) is 14.2. The number of carbonyl (C=O) groups excluding carboxylic acids is 1. The number of likely N-dealkylation sites (N-methyl/N-ethyl adjacent to an activating group) is 1. The van der Waals surface area contributed by atoms with Crippen LogP contribution in [0.5, 0.6) is 0 Å². The number of nitrogens with zero attached hydrogens (tertiary/aromatic N) is 5. The molecule has 3 rings (SSSR count). The molecule has 0 radical (unpaired) electrons. The molecule has 0 unspecified atom stereocenters. The van der Waals surface area contributed by atoms with Crippen LogP contribution in [0.3, 0.4) is 0 Å². The standard InChI is InChI=1S/C16H24N6O2/c1-3-21(10-15-18-12(2)24-20-15)16(23)11-22-8-6-14(19-22)13-5-4-7-17-9-13/h6,8,13,17H,3-5,7,9-11H2,1-2H3/t13-/m1/s1. The van der Waals surface area contributed by atoms with Gasteiger partial charge >= 0.3 is 0 Å². The quantitative estimate of drug-likeness (QED) is 0.852. The molecule has 130 valence electrons. The van der Waals surface area contributed by atoms with Crippen molar-refractivity contribution in [1.29, 1.82) is 0 Å². The van der Waals surface area contributed by atoms with Gasteiger partial charge in [0.1, 0.15) is 6.54 Å². The maximum Gasteiger partial charge on any atom is 0.244 e. The van der Waals surface area contributed by atoms with Gasteiger partial charge in [-0.3, -0.25) is 9.48 Å². The van der Waals surface area contributed by atoms with Gasteiger partial charge in [0, 0.05) is 32.1 Å². The van der Waals surface area contributed by atoms with Crippen molar-refractivity contribution in [1.82, 2.24) is 30.1 Å². The third-order valence-corrected chi connectivity index (χ3v) is 4.31. The lowest BCUT2D eigenvalue weighted by molar-refractivity contribution is -0.132. The molecule has 24 heavy (non-hydrogen) atoms. The highest BCUT2D eigenvalue weighted by atomic mass is 16.5. The van der Waals surface area contributed by atoms with Crippen LogP contribution in [0.4, 0.5) is 0 Å². The minimum absolute atomic E-state index is 0.00336. The molecule has 0 aromatic carbocycles. The minimum Gasteiger partial charge on any atom is -0.340 e. The van der Waals surface area contributed by atoms with Crippen molar-refractivity contribution < 1.29 is 9.32 Å². The zero-order chi connectivity index (χ0) is 16.9. The lowest BCUT2D eigenvalue weighted by Gasteiger charge is -2.21. The molecule has 1 amide bonds. The molecule has 1 atom stereocenters. The van der Waals surface area contributed by atoms with Crippen LogP contribution < -0.4 is 5.32 Å². The van der Waals surface area contributed by atoms with E-state index in [2.05, 4.69) is 20.6 Å². The number of rotatable bonds is 6. The van der Waals surface area contributed by atoms with E-state index in [0.717, 1.165) is 25.2 Å². The van der Waals surface area contributed by atoms with Gasteiger partial charge in [-0.05, 0) is 32.4 Å². The van der Waals surface area contributed by atoms with Crippen LogP contribution in [0.25, 0.3) is 0 Å². The lowest BCUT2D eigenvalue weighted by Crippen LogP contribution is -2.34. The number of amides is 1. The van der Waals surface area contributed by atoms with Gasteiger partial charge in [0.2, 0.25) is 11.8 Å². The van der Waals surface area contributed by atoms with Crippen LogP contribution in [-0.2, 0) is 17.9 Å². The van der Waals surface area contributed by atoms with Crippen LogP contribution >= 0.6 is 0 Å². The van der Waals surface area contributed by atoms with Gasteiger partial charge in [0.05, 0.1) is 12.2 Å². The number of aryl methyl sites for hydroxylation is 1. The van der Waals surface area contributed by atoms with Gasteiger partial charge in [-0.15, -0.1) is 0 Å². The smallest absolute Gasteiger partial charge is 0.244 e. The maximum atomic E-state index is 12.5. The fourth-order valence-corrected chi connectivity index (χ4v) is 2.98. The van der Waals surface area contributed by atoms with E-state index in [0.29, 0.717) is 30.7 Å². The summed E-state index contributed by atoms with van der Waals surface area (Å²) in [6.45, 7) is 6.89. The van der Waals surface area contributed by atoms with Gasteiger partial charge in [-0.2, -0.15) is 10.1 Å². The van der Waals surface area contributed by atoms with Gasteiger partial charge in [0.15, 0.2) is 5.82 Å². The van der Waals surface area contributed by atoms with Gasteiger partial charge in [-0.1, -0.05) is 5.16 Å². The molecule has 1 aliphatic rings. The Morgan fingerprint density at radius 1 is 1.54 bits per heavy atom. The molecule has 2 aromatic heterocycles. The van der Waals surface area contributed by atoms with Crippen LogP contribution in [0.1, 0.15) is 43.1 Å². The molecule has 8 nitrogen and oxygen atoms in total. The third-order valence-electron chi connectivity index (χ3n) is 4.31.